The minimum Gasteiger partial charge on any atom is -0.478 e. The summed E-state index contributed by atoms with van der Waals surface area (Å²) in [7, 11) is 0. The van der Waals surface area contributed by atoms with Gasteiger partial charge in [-0.3, -0.25) is 4.79 Å². The quantitative estimate of drug-likeness (QED) is 0.421. The van der Waals surface area contributed by atoms with Gasteiger partial charge in [0.15, 0.2) is 0 Å². The molecule has 166 valence electrons. The molecule has 4 N–H and O–H groups in total. The molecule has 0 aliphatic rings. The SMILES string of the molecule is CCN(CC)c1ccc(N)c(C(=O)Nc2ccc(CCc3ccc(C(=O)O)cc3)cc2)c1. The van der Waals surface area contributed by atoms with Gasteiger partial charge >= 0.3 is 5.97 Å². The Kier molecular flexibility index (Phi) is 7.49. The van der Waals surface area contributed by atoms with Gasteiger partial charge in [0.05, 0.1) is 11.1 Å². The van der Waals surface area contributed by atoms with Crippen molar-refractivity contribution in [2.75, 3.05) is 29.0 Å². The number of carboxylic acids is 1. The molecule has 0 unspecified atom stereocenters. The molecule has 3 aromatic rings. The van der Waals surface area contributed by atoms with Crippen LogP contribution in [0.5, 0.6) is 0 Å². The van der Waals surface area contributed by atoms with Gasteiger partial charge in [-0.25, -0.2) is 4.79 Å². The highest BCUT2D eigenvalue weighted by Gasteiger charge is 2.13. The van der Waals surface area contributed by atoms with Crippen molar-refractivity contribution in [3.63, 3.8) is 0 Å². The normalized spacial score (nSPS) is 10.6. The Labute approximate surface area is 188 Å². The van der Waals surface area contributed by atoms with Gasteiger partial charge in [0, 0.05) is 30.2 Å². The fraction of sp³-hybridized carbons (Fsp3) is 0.231. The highest BCUT2D eigenvalue weighted by Crippen LogP contribution is 2.23. The molecule has 0 aliphatic carbocycles. The molecule has 0 spiro atoms. The van der Waals surface area contributed by atoms with E-state index in [4.69, 9.17) is 10.8 Å². The number of amides is 1. The van der Waals surface area contributed by atoms with Gasteiger partial charge in [-0.1, -0.05) is 24.3 Å². The third kappa shape index (κ3) is 5.66. The first kappa shape index (κ1) is 22.9. The van der Waals surface area contributed by atoms with E-state index in [-0.39, 0.29) is 11.5 Å². The number of aromatic carboxylic acids is 1. The Morgan fingerprint density at radius 1 is 0.875 bits per heavy atom. The van der Waals surface area contributed by atoms with Gasteiger partial charge < -0.3 is 21.1 Å². The van der Waals surface area contributed by atoms with Gasteiger partial charge in [-0.15, -0.1) is 0 Å². The van der Waals surface area contributed by atoms with Crippen LogP contribution >= 0.6 is 0 Å². The maximum Gasteiger partial charge on any atom is 0.335 e. The number of carbonyl (C=O) groups is 2. The lowest BCUT2D eigenvalue weighted by atomic mass is 10.0. The maximum atomic E-state index is 12.8. The van der Waals surface area contributed by atoms with Crippen LogP contribution in [0.2, 0.25) is 0 Å². The van der Waals surface area contributed by atoms with Crippen LogP contribution in [0.4, 0.5) is 17.1 Å². The molecule has 32 heavy (non-hydrogen) atoms. The number of carbonyl (C=O) groups excluding carboxylic acids is 1. The summed E-state index contributed by atoms with van der Waals surface area (Å²) in [5.74, 6) is -1.15. The molecule has 0 aliphatic heterocycles. The second kappa shape index (κ2) is 10.5. The number of aryl methyl sites for hydroxylation is 2. The Hall–Kier alpha value is -3.80. The van der Waals surface area contributed by atoms with E-state index in [9.17, 15) is 9.59 Å². The lowest BCUT2D eigenvalue weighted by Gasteiger charge is -2.22. The molecule has 0 fully saturated rings. The van der Waals surface area contributed by atoms with Crippen molar-refractivity contribution < 1.29 is 14.7 Å². The number of carboxylic acid groups (broad SMARTS) is 1. The lowest BCUT2D eigenvalue weighted by molar-refractivity contribution is 0.0696. The van der Waals surface area contributed by atoms with E-state index in [1.807, 2.05) is 48.5 Å². The fourth-order valence-electron chi connectivity index (χ4n) is 3.58. The third-order valence-corrected chi connectivity index (χ3v) is 5.53. The highest BCUT2D eigenvalue weighted by atomic mass is 16.4. The molecular formula is C26H29N3O3. The molecule has 0 saturated carbocycles. The van der Waals surface area contributed by atoms with Gasteiger partial charge in [0.2, 0.25) is 0 Å². The Balaban J connectivity index is 1.62. The van der Waals surface area contributed by atoms with Crippen molar-refractivity contribution in [3.8, 4) is 0 Å². The summed E-state index contributed by atoms with van der Waals surface area (Å²) >= 11 is 0. The predicted molar refractivity (Wildman–Crippen MR) is 130 cm³/mol. The van der Waals surface area contributed by atoms with Crippen molar-refractivity contribution in [2.24, 2.45) is 0 Å². The van der Waals surface area contributed by atoms with Crippen LogP contribution in [0.1, 0.15) is 45.7 Å². The van der Waals surface area contributed by atoms with Gasteiger partial charge in [0.1, 0.15) is 0 Å². The Morgan fingerprint density at radius 3 is 1.97 bits per heavy atom. The third-order valence-electron chi connectivity index (χ3n) is 5.53. The van der Waals surface area contributed by atoms with Crippen LogP contribution in [0.15, 0.2) is 66.7 Å². The highest BCUT2D eigenvalue weighted by molar-refractivity contribution is 6.08. The first-order valence-corrected chi connectivity index (χ1v) is 10.8. The van der Waals surface area contributed by atoms with Crippen molar-refractivity contribution >= 4 is 28.9 Å². The zero-order valence-corrected chi connectivity index (χ0v) is 18.5. The largest absolute Gasteiger partial charge is 0.478 e. The summed E-state index contributed by atoms with van der Waals surface area (Å²) in [5.41, 5.74) is 11.1. The predicted octanol–water partition coefficient (Wildman–Crippen LogP) is 4.85. The number of nitrogen functional groups attached to an aromatic ring is 1. The molecule has 0 radical (unpaired) electrons. The number of hydrogen-bond donors (Lipinski definition) is 3. The standard InChI is InChI=1S/C26H29N3O3/c1-3-29(4-2)22-15-16-24(27)23(17-22)25(30)28-21-13-9-19(10-14-21)6-5-18-7-11-20(12-8-18)26(31)32/h7-17H,3-6,27H2,1-2H3,(H,28,30)(H,31,32). The maximum absolute atomic E-state index is 12.8. The van der Waals surface area contributed by atoms with E-state index >= 15 is 0 Å². The molecule has 6 nitrogen and oxygen atoms in total. The Bertz CT molecular complexity index is 1070. The minimum atomic E-state index is -0.921. The number of nitrogens with zero attached hydrogens (tertiary/aromatic N) is 1. The van der Waals surface area contributed by atoms with Crippen molar-refractivity contribution in [3.05, 3.63) is 89.0 Å². The number of nitrogens with one attached hydrogen (secondary N) is 1. The van der Waals surface area contributed by atoms with Crippen molar-refractivity contribution in [1.82, 2.24) is 0 Å². The summed E-state index contributed by atoms with van der Waals surface area (Å²) < 4.78 is 0. The molecule has 1 amide bonds. The minimum absolute atomic E-state index is 0.234. The summed E-state index contributed by atoms with van der Waals surface area (Å²) in [4.78, 5) is 25.9. The second-order valence-electron chi connectivity index (χ2n) is 7.60. The van der Waals surface area contributed by atoms with E-state index in [2.05, 4.69) is 24.1 Å². The van der Waals surface area contributed by atoms with E-state index < -0.39 is 5.97 Å². The average molecular weight is 432 g/mol. The Morgan fingerprint density at radius 2 is 1.44 bits per heavy atom. The van der Waals surface area contributed by atoms with E-state index in [1.54, 1.807) is 18.2 Å². The van der Waals surface area contributed by atoms with E-state index in [0.29, 0.717) is 16.9 Å². The molecule has 6 heteroatoms. The van der Waals surface area contributed by atoms with E-state index in [1.165, 1.54) is 0 Å². The van der Waals surface area contributed by atoms with Crippen LogP contribution in [-0.2, 0) is 12.8 Å². The smallest absolute Gasteiger partial charge is 0.335 e. The van der Waals surface area contributed by atoms with Crippen molar-refractivity contribution in [2.45, 2.75) is 26.7 Å². The number of hydrogen-bond acceptors (Lipinski definition) is 4. The van der Waals surface area contributed by atoms with Crippen LogP contribution in [-0.4, -0.2) is 30.1 Å². The molecule has 0 atom stereocenters. The molecular weight excluding hydrogens is 402 g/mol. The van der Waals surface area contributed by atoms with E-state index in [0.717, 1.165) is 42.7 Å². The summed E-state index contributed by atoms with van der Waals surface area (Å²) in [6, 6.07) is 20.2. The van der Waals surface area contributed by atoms with Crippen LogP contribution in [0, 0.1) is 0 Å². The number of rotatable bonds is 9. The van der Waals surface area contributed by atoms with Crippen molar-refractivity contribution in [1.29, 1.82) is 0 Å². The molecule has 0 saturated heterocycles. The average Bonchev–Trinajstić information content (AvgIpc) is 2.80. The molecule has 0 aromatic heterocycles. The zero-order chi connectivity index (χ0) is 23.1. The first-order chi connectivity index (χ1) is 15.4. The number of anilines is 3. The molecule has 0 heterocycles. The lowest BCUT2D eigenvalue weighted by Crippen LogP contribution is -2.23. The number of benzene rings is 3. The van der Waals surface area contributed by atoms with Crippen LogP contribution in [0.25, 0.3) is 0 Å². The monoisotopic (exact) mass is 431 g/mol. The van der Waals surface area contributed by atoms with Gasteiger partial charge in [-0.05, 0) is 80.3 Å². The molecule has 0 bridgehead atoms. The van der Waals surface area contributed by atoms with Crippen LogP contribution in [0.3, 0.4) is 0 Å². The van der Waals surface area contributed by atoms with Gasteiger partial charge in [-0.2, -0.15) is 0 Å². The molecule has 3 aromatic carbocycles. The first-order valence-electron chi connectivity index (χ1n) is 10.8. The topological polar surface area (TPSA) is 95.7 Å². The second-order valence-corrected chi connectivity index (χ2v) is 7.60. The van der Waals surface area contributed by atoms with Gasteiger partial charge in [0.25, 0.3) is 5.91 Å². The number of nitrogens with two attached hydrogens (primary N) is 1. The summed E-state index contributed by atoms with van der Waals surface area (Å²) in [5, 5.41) is 11.9. The van der Waals surface area contributed by atoms with Crippen LogP contribution < -0.4 is 16.0 Å². The summed E-state index contributed by atoms with van der Waals surface area (Å²) in [6.45, 7) is 5.86. The summed E-state index contributed by atoms with van der Waals surface area (Å²) in [6.07, 6.45) is 1.62. The fourth-order valence-corrected chi connectivity index (χ4v) is 3.58. The molecule has 3 rings (SSSR count). The zero-order valence-electron chi connectivity index (χ0n) is 18.5.